The van der Waals surface area contributed by atoms with Crippen LogP contribution in [0.1, 0.15) is 55.3 Å². The number of aliphatic hydroxyl groups is 2. The van der Waals surface area contributed by atoms with Crippen molar-refractivity contribution in [3.63, 3.8) is 0 Å². The van der Waals surface area contributed by atoms with Crippen LogP contribution in [0.3, 0.4) is 0 Å². The fourth-order valence-corrected chi connectivity index (χ4v) is 5.59. The highest BCUT2D eigenvalue weighted by Gasteiger charge is 2.31. The van der Waals surface area contributed by atoms with E-state index in [2.05, 4.69) is 14.5 Å². The normalized spacial score (nSPS) is 16.9. The van der Waals surface area contributed by atoms with Crippen LogP contribution in [0.2, 0.25) is 0 Å². The van der Waals surface area contributed by atoms with Gasteiger partial charge in [-0.05, 0) is 30.5 Å². The van der Waals surface area contributed by atoms with Gasteiger partial charge in [0.1, 0.15) is 5.82 Å². The van der Waals surface area contributed by atoms with Gasteiger partial charge in [-0.1, -0.05) is 13.8 Å². The average molecular weight is 472 g/mol. The zero-order chi connectivity index (χ0) is 23.5. The van der Waals surface area contributed by atoms with Gasteiger partial charge < -0.3 is 19.7 Å². The van der Waals surface area contributed by atoms with Gasteiger partial charge >= 0.3 is 0 Å². The highest BCUT2D eigenvalue weighted by molar-refractivity contribution is 7.90. The maximum atomic E-state index is 12.6. The second-order valence-corrected chi connectivity index (χ2v) is 11.7. The summed E-state index contributed by atoms with van der Waals surface area (Å²) in [6, 6.07) is 3.50. The van der Waals surface area contributed by atoms with Crippen LogP contribution in [0.25, 0.3) is 11.0 Å². The molecule has 1 saturated carbocycles. The van der Waals surface area contributed by atoms with E-state index < -0.39 is 15.3 Å². The van der Waals surface area contributed by atoms with E-state index in [1.54, 1.807) is 18.3 Å². The van der Waals surface area contributed by atoms with E-state index in [-0.39, 0.29) is 18.1 Å². The van der Waals surface area contributed by atoms with Gasteiger partial charge in [0.05, 0.1) is 41.4 Å². The van der Waals surface area contributed by atoms with Crippen LogP contribution < -0.4 is 4.90 Å². The number of anilines is 1. The van der Waals surface area contributed by atoms with Gasteiger partial charge in [0.25, 0.3) is 0 Å². The van der Waals surface area contributed by atoms with Crippen molar-refractivity contribution in [1.82, 2.24) is 19.5 Å². The fraction of sp³-hybridized carbons (Fsp3) is 0.522. The Labute approximate surface area is 193 Å². The predicted molar refractivity (Wildman–Crippen MR) is 124 cm³/mol. The molecular weight excluding hydrogens is 442 g/mol. The molecule has 3 aromatic rings. The quantitative estimate of drug-likeness (QED) is 0.559. The van der Waals surface area contributed by atoms with Crippen LogP contribution in [0.15, 0.2) is 23.2 Å². The Hall–Kier alpha value is -2.56. The summed E-state index contributed by atoms with van der Waals surface area (Å²) in [7, 11) is -3.49. The molecule has 1 aromatic carbocycles. The Bertz CT molecular complexity index is 1340. The molecule has 0 spiro atoms. The van der Waals surface area contributed by atoms with Gasteiger partial charge in [-0.3, -0.25) is 0 Å². The molecule has 176 valence electrons. The third-order valence-electron chi connectivity index (χ3n) is 6.68. The number of fused-ring (bicyclic) bond motifs is 3. The van der Waals surface area contributed by atoms with Crippen LogP contribution in [0.4, 0.5) is 5.95 Å². The number of aromatic nitrogens is 4. The number of rotatable bonds is 6. The molecule has 2 aliphatic rings. The number of benzene rings is 1. The molecule has 0 radical (unpaired) electrons. The molecule has 10 heteroatoms. The van der Waals surface area contributed by atoms with Crippen LogP contribution in [0, 0.1) is 0 Å². The van der Waals surface area contributed by atoms with Gasteiger partial charge in [0, 0.05) is 42.4 Å². The predicted octanol–water partition coefficient (Wildman–Crippen LogP) is 1.89. The second-order valence-electron chi connectivity index (χ2n) is 9.77. The van der Waals surface area contributed by atoms with Crippen molar-refractivity contribution in [3.8, 4) is 0 Å². The first-order chi connectivity index (χ1) is 15.6. The van der Waals surface area contributed by atoms with Crippen molar-refractivity contribution in [2.24, 2.45) is 0 Å². The van der Waals surface area contributed by atoms with Crippen LogP contribution in [0.5, 0.6) is 0 Å². The third kappa shape index (κ3) is 3.89. The van der Waals surface area contributed by atoms with Crippen molar-refractivity contribution in [3.05, 3.63) is 41.0 Å². The molecule has 1 fully saturated rings. The van der Waals surface area contributed by atoms with Crippen molar-refractivity contribution in [1.29, 1.82) is 0 Å². The molecular formula is C23H29N5O4S. The number of aliphatic hydroxyl groups excluding tert-OH is 2. The summed E-state index contributed by atoms with van der Waals surface area (Å²) in [5.41, 5.74) is 3.07. The molecule has 0 bridgehead atoms. The summed E-state index contributed by atoms with van der Waals surface area (Å²) < 4.78 is 27.2. The molecule has 9 nitrogen and oxygen atoms in total. The number of nitrogens with zero attached hydrogens (tertiary/aromatic N) is 5. The number of hydrogen-bond donors (Lipinski definition) is 2. The number of sulfone groups is 1. The first-order valence-electron chi connectivity index (χ1n) is 11.2. The molecule has 1 aliphatic heterocycles. The summed E-state index contributed by atoms with van der Waals surface area (Å²) in [4.78, 5) is 16.4. The van der Waals surface area contributed by atoms with Gasteiger partial charge in [0.15, 0.2) is 9.84 Å². The lowest BCUT2D eigenvalue weighted by Crippen LogP contribution is -2.35. The first kappa shape index (κ1) is 22.2. The Morgan fingerprint density at radius 3 is 2.55 bits per heavy atom. The average Bonchev–Trinajstić information content (AvgIpc) is 3.57. The summed E-state index contributed by atoms with van der Waals surface area (Å²) in [5, 5.41) is 19.5. The van der Waals surface area contributed by atoms with Gasteiger partial charge in [-0.2, -0.15) is 0 Å². The molecule has 5 rings (SSSR count). The zero-order valence-corrected chi connectivity index (χ0v) is 19.9. The van der Waals surface area contributed by atoms with E-state index in [1.165, 1.54) is 6.26 Å². The van der Waals surface area contributed by atoms with Crippen LogP contribution in [-0.4, -0.2) is 57.6 Å². The van der Waals surface area contributed by atoms with Gasteiger partial charge in [0.2, 0.25) is 5.95 Å². The SMILES string of the molecule is CC(C)(CO)c1cc2nc3n(c2cc1S(C)(=O)=O)CCN(c1ncc(CO)c(C2CC2)n1)C3. The third-order valence-corrected chi connectivity index (χ3v) is 7.82. The van der Waals surface area contributed by atoms with E-state index in [0.29, 0.717) is 42.6 Å². The highest BCUT2D eigenvalue weighted by atomic mass is 32.2. The Morgan fingerprint density at radius 1 is 1.15 bits per heavy atom. The largest absolute Gasteiger partial charge is 0.395 e. The van der Waals surface area contributed by atoms with Crippen molar-refractivity contribution >= 4 is 26.8 Å². The molecule has 2 N–H and O–H groups in total. The zero-order valence-electron chi connectivity index (χ0n) is 19.1. The molecule has 2 aromatic heterocycles. The second kappa shape index (κ2) is 7.75. The van der Waals surface area contributed by atoms with Crippen molar-refractivity contribution < 1.29 is 18.6 Å². The topological polar surface area (TPSA) is 121 Å². The smallest absolute Gasteiger partial charge is 0.226 e. The molecule has 0 atom stereocenters. The standard InChI is InChI=1S/C23H29N5O4S/c1-23(2,13-30)16-8-17-18(9-19(16)33(3,31)32)28-7-6-27(11-20(28)25-17)22-24-10-15(12-29)21(26-22)14-4-5-14/h8-10,14,29-30H,4-7,11-13H2,1-3H3. The van der Waals surface area contributed by atoms with E-state index in [0.717, 1.165) is 35.4 Å². The molecule has 33 heavy (non-hydrogen) atoms. The molecule has 0 amide bonds. The maximum absolute atomic E-state index is 12.6. The monoisotopic (exact) mass is 471 g/mol. The minimum Gasteiger partial charge on any atom is -0.395 e. The summed E-state index contributed by atoms with van der Waals surface area (Å²) in [6.45, 7) is 5.21. The minimum atomic E-state index is -3.49. The fourth-order valence-electron chi connectivity index (χ4n) is 4.53. The van der Waals surface area contributed by atoms with Gasteiger partial charge in [-0.15, -0.1) is 0 Å². The molecule has 0 unspecified atom stereocenters. The molecule has 0 saturated heterocycles. The van der Waals surface area contributed by atoms with Gasteiger partial charge in [-0.25, -0.2) is 23.4 Å². The highest BCUT2D eigenvalue weighted by Crippen LogP contribution is 2.41. The van der Waals surface area contributed by atoms with E-state index >= 15 is 0 Å². The molecule has 3 heterocycles. The summed E-state index contributed by atoms with van der Waals surface area (Å²) in [5.74, 6) is 1.86. The minimum absolute atomic E-state index is 0.0584. The van der Waals surface area contributed by atoms with Crippen molar-refractivity contribution in [2.45, 2.75) is 62.6 Å². The summed E-state index contributed by atoms with van der Waals surface area (Å²) in [6.07, 6.45) is 5.10. The lowest BCUT2D eigenvalue weighted by atomic mass is 9.85. The number of hydrogen-bond acceptors (Lipinski definition) is 8. The number of imidazole rings is 1. The van der Waals surface area contributed by atoms with E-state index in [9.17, 15) is 18.6 Å². The summed E-state index contributed by atoms with van der Waals surface area (Å²) >= 11 is 0. The van der Waals surface area contributed by atoms with E-state index in [4.69, 9.17) is 9.97 Å². The Balaban J connectivity index is 1.55. The maximum Gasteiger partial charge on any atom is 0.226 e. The lowest BCUT2D eigenvalue weighted by Gasteiger charge is -2.28. The van der Waals surface area contributed by atoms with Crippen LogP contribution >= 0.6 is 0 Å². The Kier molecular flexibility index (Phi) is 5.22. The molecule has 1 aliphatic carbocycles. The van der Waals surface area contributed by atoms with Crippen molar-refractivity contribution in [2.75, 3.05) is 24.3 Å². The lowest BCUT2D eigenvalue weighted by molar-refractivity contribution is 0.216. The first-order valence-corrected chi connectivity index (χ1v) is 13.1. The van der Waals surface area contributed by atoms with Crippen LogP contribution in [-0.2, 0) is 34.9 Å². The Morgan fingerprint density at radius 2 is 1.91 bits per heavy atom. The van der Waals surface area contributed by atoms with E-state index in [1.807, 2.05) is 13.8 Å².